The van der Waals surface area contributed by atoms with Crippen LogP contribution in [-0.2, 0) is 20.7 Å². The molecule has 0 spiro atoms. The van der Waals surface area contributed by atoms with Gasteiger partial charge in [-0.3, -0.25) is 14.9 Å². The van der Waals surface area contributed by atoms with Crippen LogP contribution in [0.5, 0.6) is 5.75 Å². The number of halogens is 1. The molecule has 0 unspecified atom stereocenters. The third kappa shape index (κ3) is 5.00. The fourth-order valence-corrected chi connectivity index (χ4v) is 3.79. The van der Waals surface area contributed by atoms with Crippen LogP contribution in [0.4, 0.5) is 14.9 Å². The van der Waals surface area contributed by atoms with E-state index in [4.69, 9.17) is 4.74 Å². The number of barbiturate groups is 1. The van der Waals surface area contributed by atoms with Gasteiger partial charge in [0.15, 0.2) is 0 Å². The summed E-state index contributed by atoms with van der Waals surface area (Å²) < 4.78 is 23.7. The number of benzene rings is 3. The molecular weight excluding hydrogens is 467 g/mol. The van der Waals surface area contributed by atoms with Crippen LogP contribution in [0.2, 0.25) is 0 Å². The number of imide groups is 2. The van der Waals surface area contributed by atoms with Crippen molar-refractivity contribution in [1.82, 2.24) is 5.32 Å². The van der Waals surface area contributed by atoms with E-state index in [2.05, 4.69) is 10.1 Å². The molecule has 0 bridgehead atoms. The Hall–Kier alpha value is -4.79. The van der Waals surface area contributed by atoms with Gasteiger partial charge in [-0.25, -0.2) is 18.9 Å². The van der Waals surface area contributed by atoms with Crippen LogP contribution in [0, 0.1) is 5.82 Å². The van der Waals surface area contributed by atoms with Gasteiger partial charge < -0.3 is 9.47 Å². The molecule has 0 radical (unpaired) electrons. The molecule has 4 rings (SSSR count). The Morgan fingerprint density at radius 3 is 2.42 bits per heavy atom. The van der Waals surface area contributed by atoms with Crippen molar-refractivity contribution in [3.05, 3.63) is 100 Å². The number of hydrogen-bond acceptors (Lipinski definition) is 6. The molecule has 1 heterocycles. The molecular formula is C27H21FN2O6. The highest BCUT2D eigenvalue weighted by Gasteiger charge is 2.36. The highest BCUT2D eigenvalue weighted by atomic mass is 19.1. The number of hydrogen-bond donors (Lipinski definition) is 1. The number of anilines is 1. The Labute approximate surface area is 205 Å². The molecule has 0 aliphatic carbocycles. The molecule has 0 saturated carbocycles. The maximum absolute atomic E-state index is 13.5. The maximum Gasteiger partial charge on any atom is 0.337 e. The molecule has 36 heavy (non-hydrogen) atoms. The zero-order chi connectivity index (χ0) is 25.8. The standard InChI is InChI=1S/C27H21FN2O6/c1-35-23-15-17(6-7-19(23)12-16-4-3-5-20(28)13-16)14-22-24(31)29-27(34)30(25(22)32)21-10-8-18(9-11-21)26(33)36-2/h3-11,13-15H,12H2,1-2H3,(H,29,31,34)/b22-14+. The van der Waals surface area contributed by atoms with Gasteiger partial charge in [-0.1, -0.05) is 24.3 Å². The minimum absolute atomic E-state index is 0.173. The summed E-state index contributed by atoms with van der Waals surface area (Å²) in [7, 11) is 2.72. The molecule has 1 N–H and O–H groups in total. The van der Waals surface area contributed by atoms with E-state index >= 15 is 0 Å². The number of rotatable bonds is 6. The quantitative estimate of drug-likeness (QED) is 0.321. The predicted molar refractivity (Wildman–Crippen MR) is 129 cm³/mol. The van der Waals surface area contributed by atoms with Crippen molar-refractivity contribution < 1.29 is 33.0 Å². The third-order valence-electron chi connectivity index (χ3n) is 5.55. The van der Waals surface area contributed by atoms with Crippen molar-refractivity contribution in [1.29, 1.82) is 0 Å². The van der Waals surface area contributed by atoms with Gasteiger partial charge >= 0.3 is 12.0 Å². The zero-order valence-electron chi connectivity index (χ0n) is 19.4. The Bertz CT molecular complexity index is 1400. The second kappa shape index (κ2) is 10.2. The summed E-state index contributed by atoms with van der Waals surface area (Å²) in [4.78, 5) is 50.5. The van der Waals surface area contributed by atoms with Crippen LogP contribution in [0.25, 0.3) is 6.08 Å². The molecule has 3 aromatic carbocycles. The third-order valence-corrected chi connectivity index (χ3v) is 5.55. The van der Waals surface area contributed by atoms with Crippen molar-refractivity contribution in [3.63, 3.8) is 0 Å². The van der Waals surface area contributed by atoms with Crippen LogP contribution in [0.15, 0.2) is 72.3 Å². The van der Waals surface area contributed by atoms with Gasteiger partial charge in [0.05, 0.1) is 25.5 Å². The summed E-state index contributed by atoms with van der Waals surface area (Å²) in [6.07, 6.45) is 1.77. The summed E-state index contributed by atoms with van der Waals surface area (Å²) in [5, 5.41) is 2.16. The van der Waals surface area contributed by atoms with E-state index in [1.165, 1.54) is 56.7 Å². The van der Waals surface area contributed by atoms with E-state index in [0.717, 1.165) is 16.0 Å². The average molecular weight is 488 g/mol. The van der Waals surface area contributed by atoms with Gasteiger partial charge in [0.25, 0.3) is 11.8 Å². The Kier molecular flexibility index (Phi) is 6.91. The highest BCUT2D eigenvalue weighted by Crippen LogP contribution is 2.27. The lowest BCUT2D eigenvalue weighted by Crippen LogP contribution is -2.54. The monoisotopic (exact) mass is 488 g/mol. The lowest BCUT2D eigenvalue weighted by atomic mass is 10.0. The van der Waals surface area contributed by atoms with Gasteiger partial charge in [0.1, 0.15) is 17.1 Å². The number of ether oxygens (including phenoxy) is 2. The van der Waals surface area contributed by atoms with Gasteiger partial charge in [0.2, 0.25) is 0 Å². The predicted octanol–water partition coefficient (Wildman–Crippen LogP) is 3.88. The van der Waals surface area contributed by atoms with Crippen molar-refractivity contribution >= 4 is 35.6 Å². The maximum atomic E-state index is 13.5. The van der Waals surface area contributed by atoms with Crippen molar-refractivity contribution in [3.8, 4) is 5.75 Å². The van der Waals surface area contributed by atoms with Crippen molar-refractivity contribution in [2.24, 2.45) is 0 Å². The topological polar surface area (TPSA) is 102 Å². The minimum atomic E-state index is -0.906. The molecule has 1 aliphatic heterocycles. The second-order valence-corrected chi connectivity index (χ2v) is 7.87. The zero-order valence-corrected chi connectivity index (χ0v) is 19.4. The summed E-state index contributed by atoms with van der Waals surface area (Å²) in [5.74, 6) is -2.08. The number of urea groups is 1. The molecule has 4 amide bonds. The molecule has 182 valence electrons. The van der Waals surface area contributed by atoms with Crippen LogP contribution >= 0.6 is 0 Å². The number of amides is 4. The van der Waals surface area contributed by atoms with Crippen molar-refractivity contribution in [2.45, 2.75) is 6.42 Å². The average Bonchev–Trinajstić information content (AvgIpc) is 2.87. The number of carbonyl (C=O) groups is 4. The molecule has 9 heteroatoms. The molecule has 1 aliphatic rings. The number of methoxy groups -OCH3 is 2. The smallest absolute Gasteiger partial charge is 0.337 e. The van der Waals surface area contributed by atoms with Crippen LogP contribution in [0.3, 0.4) is 0 Å². The summed E-state index contributed by atoms with van der Waals surface area (Å²) in [5.41, 5.74) is 2.19. The molecule has 1 fully saturated rings. The van der Waals surface area contributed by atoms with Crippen LogP contribution in [-0.4, -0.2) is 38.0 Å². The normalized spacial score (nSPS) is 14.6. The van der Waals surface area contributed by atoms with E-state index in [-0.39, 0.29) is 22.6 Å². The first-order chi connectivity index (χ1) is 17.3. The van der Waals surface area contributed by atoms with E-state index in [0.29, 0.717) is 17.7 Å². The van der Waals surface area contributed by atoms with Crippen molar-refractivity contribution in [2.75, 3.05) is 19.1 Å². The number of esters is 1. The molecule has 1 saturated heterocycles. The van der Waals surface area contributed by atoms with Gasteiger partial charge in [0, 0.05) is 6.42 Å². The lowest BCUT2D eigenvalue weighted by molar-refractivity contribution is -0.122. The summed E-state index contributed by atoms with van der Waals surface area (Å²) in [6.45, 7) is 0. The molecule has 0 atom stereocenters. The van der Waals surface area contributed by atoms with E-state index in [1.807, 2.05) is 0 Å². The Morgan fingerprint density at radius 2 is 1.75 bits per heavy atom. The Morgan fingerprint density at radius 1 is 1.00 bits per heavy atom. The fourth-order valence-electron chi connectivity index (χ4n) is 3.79. The first kappa shape index (κ1) is 24.3. The van der Waals surface area contributed by atoms with Gasteiger partial charge in [-0.05, 0) is 65.2 Å². The summed E-state index contributed by atoms with van der Waals surface area (Å²) >= 11 is 0. The fraction of sp³-hybridized carbons (Fsp3) is 0.111. The molecule has 8 nitrogen and oxygen atoms in total. The van der Waals surface area contributed by atoms with E-state index < -0.39 is 23.8 Å². The van der Waals surface area contributed by atoms with E-state index in [9.17, 15) is 23.6 Å². The van der Waals surface area contributed by atoms with E-state index in [1.54, 1.807) is 30.3 Å². The molecule has 3 aromatic rings. The first-order valence-corrected chi connectivity index (χ1v) is 10.8. The number of nitrogens with one attached hydrogen (secondary N) is 1. The van der Waals surface area contributed by atoms with Gasteiger partial charge in [-0.15, -0.1) is 0 Å². The minimum Gasteiger partial charge on any atom is -0.496 e. The van der Waals surface area contributed by atoms with Crippen LogP contribution in [0.1, 0.15) is 27.0 Å². The largest absolute Gasteiger partial charge is 0.496 e. The first-order valence-electron chi connectivity index (χ1n) is 10.8. The molecule has 0 aromatic heterocycles. The SMILES string of the molecule is COC(=O)c1ccc(N2C(=O)NC(=O)/C(=C\c3ccc(Cc4cccc(F)c4)c(OC)c3)C2=O)cc1. The van der Waals surface area contributed by atoms with Gasteiger partial charge in [-0.2, -0.15) is 0 Å². The lowest BCUT2D eigenvalue weighted by Gasteiger charge is -2.26. The second-order valence-electron chi connectivity index (χ2n) is 7.87. The number of nitrogens with zero attached hydrogens (tertiary/aromatic N) is 1. The highest BCUT2D eigenvalue weighted by molar-refractivity contribution is 6.39. The number of carbonyl (C=O) groups excluding carboxylic acids is 4. The van der Waals surface area contributed by atoms with Crippen LogP contribution < -0.4 is 15.0 Å². The Balaban J connectivity index is 1.63. The summed E-state index contributed by atoms with van der Waals surface area (Å²) in [6, 6.07) is 16.0.